The Kier molecular flexibility index (Phi) is 3.20. The third kappa shape index (κ3) is 1.98. The predicted molar refractivity (Wildman–Crippen MR) is 44.8 cm³/mol. The van der Waals surface area contributed by atoms with Crippen LogP contribution in [0.25, 0.3) is 0 Å². The normalized spacial score (nSPS) is 34.2. The monoisotopic (exact) mass is 141 g/mol. The fourth-order valence-electron chi connectivity index (χ4n) is 1.99. The molecule has 0 aromatic rings. The zero-order valence-corrected chi connectivity index (χ0v) is 6.97. The zero-order chi connectivity index (χ0) is 7.40. The van der Waals surface area contributed by atoms with Gasteiger partial charge < -0.3 is 5.73 Å². The van der Waals surface area contributed by atoms with Gasteiger partial charge in [-0.2, -0.15) is 0 Å². The lowest BCUT2D eigenvalue weighted by molar-refractivity contribution is 0.266. The predicted octanol–water partition coefficient (Wildman–Crippen LogP) is 2.16. The van der Waals surface area contributed by atoms with Crippen LogP contribution in [0.3, 0.4) is 0 Å². The lowest BCUT2D eigenvalue weighted by Gasteiger charge is -2.27. The summed E-state index contributed by atoms with van der Waals surface area (Å²) >= 11 is 0. The van der Waals surface area contributed by atoms with E-state index in [2.05, 4.69) is 6.92 Å². The minimum absolute atomic E-state index is 0.846. The zero-order valence-electron chi connectivity index (χ0n) is 6.97. The first-order chi connectivity index (χ1) is 4.86. The summed E-state index contributed by atoms with van der Waals surface area (Å²) in [7, 11) is 0. The van der Waals surface area contributed by atoms with Crippen LogP contribution in [0.1, 0.15) is 39.0 Å². The van der Waals surface area contributed by atoms with Gasteiger partial charge in [0.05, 0.1) is 0 Å². The van der Waals surface area contributed by atoms with E-state index in [0.717, 1.165) is 18.4 Å². The van der Waals surface area contributed by atoms with Crippen LogP contribution >= 0.6 is 0 Å². The van der Waals surface area contributed by atoms with E-state index in [9.17, 15) is 0 Å². The summed E-state index contributed by atoms with van der Waals surface area (Å²) in [4.78, 5) is 0. The quantitative estimate of drug-likeness (QED) is 0.626. The highest BCUT2D eigenvalue weighted by atomic mass is 14.5. The van der Waals surface area contributed by atoms with Gasteiger partial charge in [0.2, 0.25) is 0 Å². The third-order valence-corrected chi connectivity index (χ3v) is 2.80. The Hall–Kier alpha value is -0.0400. The van der Waals surface area contributed by atoms with Crippen LogP contribution < -0.4 is 5.73 Å². The van der Waals surface area contributed by atoms with Crippen molar-refractivity contribution in [3.05, 3.63) is 0 Å². The third-order valence-electron chi connectivity index (χ3n) is 2.80. The summed E-state index contributed by atoms with van der Waals surface area (Å²) in [6, 6.07) is 0. The van der Waals surface area contributed by atoms with E-state index in [-0.39, 0.29) is 0 Å². The molecule has 1 saturated carbocycles. The maximum atomic E-state index is 5.62. The molecule has 1 heteroatoms. The molecule has 2 N–H and O–H groups in total. The fraction of sp³-hybridized carbons (Fsp3) is 1.00. The summed E-state index contributed by atoms with van der Waals surface area (Å²) in [5.74, 6) is 1.83. The molecule has 0 amide bonds. The van der Waals surface area contributed by atoms with Crippen molar-refractivity contribution in [1.29, 1.82) is 0 Å². The van der Waals surface area contributed by atoms with Crippen LogP contribution in [0.2, 0.25) is 0 Å². The van der Waals surface area contributed by atoms with Crippen molar-refractivity contribution in [3.8, 4) is 0 Å². The highest BCUT2D eigenvalue weighted by Crippen LogP contribution is 2.29. The molecule has 1 nitrogen and oxygen atoms in total. The molecule has 0 spiro atoms. The molecule has 0 unspecified atom stereocenters. The van der Waals surface area contributed by atoms with Gasteiger partial charge in [0.1, 0.15) is 0 Å². The minimum atomic E-state index is 0.846. The van der Waals surface area contributed by atoms with E-state index < -0.39 is 0 Å². The molecule has 0 aliphatic heterocycles. The summed E-state index contributed by atoms with van der Waals surface area (Å²) < 4.78 is 0. The van der Waals surface area contributed by atoms with E-state index in [1.165, 1.54) is 32.1 Å². The smallest absolute Gasteiger partial charge is 0.00488 e. The second-order valence-electron chi connectivity index (χ2n) is 3.54. The van der Waals surface area contributed by atoms with Crippen LogP contribution in [0.4, 0.5) is 0 Å². The van der Waals surface area contributed by atoms with Gasteiger partial charge in [-0.1, -0.05) is 26.2 Å². The molecule has 0 radical (unpaired) electrons. The van der Waals surface area contributed by atoms with Crippen molar-refractivity contribution in [2.75, 3.05) is 6.54 Å². The van der Waals surface area contributed by atoms with E-state index in [4.69, 9.17) is 5.73 Å². The number of hydrogen-bond acceptors (Lipinski definition) is 1. The lowest BCUT2D eigenvalue weighted by Crippen LogP contribution is -2.22. The molecule has 60 valence electrons. The highest BCUT2D eigenvalue weighted by molar-refractivity contribution is 4.72. The van der Waals surface area contributed by atoms with Gasteiger partial charge >= 0.3 is 0 Å². The molecule has 1 aliphatic rings. The molecule has 10 heavy (non-hydrogen) atoms. The Morgan fingerprint density at radius 2 is 2.00 bits per heavy atom. The molecule has 0 bridgehead atoms. The van der Waals surface area contributed by atoms with Crippen molar-refractivity contribution in [2.45, 2.75) is 39.0 Å². The SMILES string of the molecule is CC[C@@H]1CCC[C@@H](CN)C1. The minimum Gasteiger partial charge on any atom is -0.330 e. The van der Waals surface area contributed by atoms with Crippen molar-refractivity contribution in [3.63, 3.8) is 0 Å². The Labute approximate surface area is 64.0 Å². The molecule has 1 rings (SSSR count). The molecule has 1 aliphatic carbocycles. The summed E-state index contributed by atoms with van der Waals surface area (Å²) in [5, 5.41) is 0. The molecular weight excluding hydrogens is 122 g/mol. The topological polar surface area (TPSA) is 26.0 Å². The number of rotatable bonds is 2. The van der Waals surface area contributed by atoms with Gasteiger partial charge in [-0.05, 0) is 31.2 Å². The van der Waals surface area contributed by atoms with E-state index in [1.807, 2.05) is 0 Å². The Balaban J connectivity index is 2.25. The van der Waals surface area contributed by atoms with Crippen LogP contribution in [0.5, 0.6) is 0 Å². The first-order valence-electron chi connectivity index (χ1n) is 4.56. The van der Waals surface area contributed by atoms with Crippen LogP contribution in [-0.4, -0.2) is 6.54 Å². The molecule has 0 saturated heterocycles. The maximum absolute atomic E-state index is 5.62. The van der Waals surface area contributed by atoms with E-state index >= 15 is 0 Å². The average Bonchev–Trinajstić information content (AvgIpc) is 2.05. The van der Waals surface area contributed by atoms with Crippen LogP contribution in [0.15, 0.2) is 0 Å². The largest absolute Gasteiger partial charge is 0.330 e. The van der Waals surface area contributed by atoms with Gasteiger partial charge in [0.15, 0.2) is 0 Å². The van der Waals surface area contributed by atoms with E-state index in [1.54, 1.807) is 0 Å². The second-order valence-corrected chi connectivity index (χ2v) is 3.54. The van der Waals surface area contributed by atoms with Gasteiger partial charge in [-0.25, -0.2) is 0 Å². The van der Waals surface area contributed by atoms with Gasteiger partial charge in [-0.15, -0.1) is 0 Å². The molecular formula is C9H19N. The van der Waals surface area contributed by atoms with Crippen molar-refractivity contribution < 1.29 is 0 Å². The number of hydrogen-bond donors (Lipinski definition) is 1. The summed E-state index contributed by atoms with van der Waals surface area (Å²) in [6.07, 6.45) is 7.00. The number of nitrogens with two attached hydrogens (primary N) is 1. The van der Waals surface area contributed by atoms with Gasteiger partial charge in [0, 0.05) is 0 Å². The first-order valence-corrected chi connectivity index (χ1v) is 4.56. The molecule has 0 heterocycles. The summed E-state index contributed by atoms with van der Waals surface area (Å²) in [5.41, 5.74) is 5.62. The van der Waals surface area contributed by atoms with E-state index in [0.29, 0.717) is 0 Å². The van der Waals surface area contributed by atoms with Crippen molar-refractivity contribution in [2.24, 2.45) is 17.6 Å². The second kappa shape index (κ2) is 3.97. The lowest BCUT2D eigenvalue weighted by atomic mass is 9.80. The van der Waals surface area contributed by atoms with Crippen molar-refractivity contribution in [1.82, 2.24) is 0 Å². The summed E-state index contributed by atoms with van der Waals surface area (Å²) in [6.45, 7) is 3.21. The standard InChI is InChI=1S/C9H19N/c1-2-8-4-3-5-9(6-8)7-10/h8-9H,2-7,10H2,1H3/t8-,9-/m1/s1. The Bertz CT molecular complexity index is 80.7. The molecule has 0 aromatic heterocycles. The van der Waals surface area contributed by atoms with Crippen LogP contribution in [0, 0.1) is 11.8 Å². The highest BCUT2D eigenvalue weighted by Gasteiger charge is 2.18. The first kappa shape index (κ1) is 8.06. The Morgan fingerprint density at radius 1 is 1.30 bits per heavy atom. The van der Waals surface area contributed by atoms with Crippen LogP contribution in [-0.2, 0) is 0 Å². The maximum Gasteiger partial charge on any atom is -0.00488 e. The molecule has 1 fully saturated rings. The molecule has 2 atom stereocenters. The van der Waals surface area contributed by atoms with Gasteiger partial charge in [-0.3, -0.25) is 0 Å². The fourth-order valence-corrected chi connectivity index (χ4v) is 1.99. The molecule has 0 aromatic carbocycles. The average molecular weight is 141 g/mol. The van der Waals surface area contributed by atoms with Crippen molar-refractivity contribution >= 4 is 0 Å². The van der Waals surface area contributed by atoms with Gasteiger partial charge in [0.25, 0.3) is 0 Å². The Morgan fingerprint density at radius 3 is 2.60 bits per heavy atom.